The van der Waals surface area contributed by atoms with Gasteiger partial charge in [-0.2, -0.15) is 4.39 Å². The SMILES string of the molecule is CCN1CCN(c2cc(NC(=O)Cn3cc(-c4cc(C=O)c(O)c(Cl)c4F)c4c(=O)n5c(nc43)CCC5)c(Cl)c(F)n2)CC1. The van der Waals surface area contributed by atoms with Gasteiger partial charge in [-0.05, 0) is 19.0 Å². The van der Waals surface area contributed by atoms with Crippen LogP contribution in [-0.4, -0.2) is 74.0 Å². The highest BCUT2D eigenvalue weighted by atomic mass is 35.5. The number of hydrogen-bond donors (Lipinski definition) is 2. The van der Waals surface area contributed by atoms with Gasteiger partial charge in [-0.15, -0.1) is 0 Å². The molecule has 230 valence electrons. The summed E-state index contributed by atoms with van der Waals surface area (Å²) < 4.78 is 33.0. The quantitative estimate of drug-likeness (QED) is 0.227. The lowest BCUT2D eigenvalue weighted by Crippen LogP contribution is -2.46. The summed E-state index contributed by atoms with van der Waals surface area (Å²) in [6, 6.07) is 2.60. The molecule has 0 bridgehead atoms. The second kappa shape index (κ2) is 11.8. The number of carbonyl (C=O) groups excluding carboxylic acids is 2. The summed E-state index contributed by atoms with van der Waals surface area (Å²) in [6.45, 7) is 5.82. The summed E-state index contributed by atoms with van der Waals surface area (Å²) in [7, 11) is 0. The predicted molar refractivity (Wildman–Crippen MR) is 162 cm³/mol. The lowest BCUT2D eigenvalue weighted by atomic mass is 10.0. The maximum absolute atomic E-state index is 15.4. The van der Waals surface area contributed by atoms with Crippen molar-refractivity contribution in [1.29, 1.82) is 0 Å². The Bertz CT molecular complexity index is 1890. The number of aromatic hydroxyl groups is 1. The highest BCUT2D eigenvalue weighted by molar-refractivity contribution is 6.34. The molecule has 2 aliphatic rings. The van der Waals surface area contributed by atoms with E-state index in [0.717, 1.165) is 25.7 Å². The van der Waals surface area contributed by atoms with Crippen LogP contribution in [-0.2, 0) is 24.3 Å². The Morgan fingerprint density at radius 3 is 2.55 bits per heavy atom. The molecule has 3 aromatic heterocycles. The second-order valence-electron chi connectivity index (χ2n) is 10.7. The summed E-state index contributed by atoms with van der Waals surface area (Å²) in [5, 5.41) is 11.7. The topological polar surface area (TPSA) is 126 Å². The number of anilines is 2. The van der Waals surface area contributed by atoms with E-state index >= 15 is 4.39 Å². The van der Waals surface area contributed by atoms with Gasteiger partial charge in [0.05, 0.1) is 16.6 Å². The fourth-order valence-electron chi connectivity index (χ4n) is 5.75. The maximum Gasteiger partial charge on any atom is 0.263 e. The number of halogens is 4. The molecular formula is C29H27Cl2F2N7O4. The standard InChI is InChI=1S/C29H27Cl2F2N7O4/c1-2-37-6-8-38(9-7-37)20-11-18(23(30)27(33)35-20)34-21(42)13-39-12-17(16-10-15(14-41)26(43)24(31)25(16)32)22-28(39)36-19-4-3-5-40(19)29(22)44/h10-12,14,43H,2-9,13H2,1H3,(H,34,35,42). The Morgan fingerprint density at radius 2 is 1.84 bits per heavy atom. The molecule has 2 aliphatic heterocycles. The van der Waals surface area contributed by atoms with Crippen LogP contribution in [0.3, 0.4) is 0 Å². The molecule has 1 amide bonds. The number of phenols is 1. The minimum absolute atomic E-state index is 0.0162. The van der Waals surface area contributed by atoms with Crippen LogP contribution in [0, 0.1) is 11.8 Å². The summed E-state index contributed by atoms with van der Waals surface area (Å²) in [5.74, 6) is -2.48. The molecule has 11 nitrogen and oxygen atoms in total. The zero-order chi connectivity index (χ0) is 31.3. The summed E-state index contributed by atoms with van der Waals surface area (Å²) in [4.78, 5) is 51.3. The maximum atomic E-state index is 15.4. The van der Waals surface area contributed by atoms with Crippen molar-refractivity contribution in [2.45, 2.75) is 32.9 Å². The lowest BCUT2D eigenvalue weighted by Gasteiger charge is -2.35. The van der Waals surface area contributed by atoms with Crippen LogP contribution in [0.4, 0.5) is 20.3 Å². The number of carbonyl (C=O) groups is 2. The summed E-state index contributed by atoms with van der Waals surface area (Å²) in [5.41, 5.74) is -0.763. The minimum atomic E-state index is -1.05. The largest absolute Gasteiger partial charge is 0.506 e. The van der Waals surface area contributed by atoms with E-state index in [9.17, 15) is 23.9 Å². The number of phenolic OH excluding ortho intramolecular Hbond substituents is 1. The average Bonchev–Trinajstić information content (AvgIpc) is 3.64. The normalized spacial score (nSPS) is 15.2. The van der Waals surface area contributed by atoms with E-state index in [-0.39, 0.29) is 38.4 Å². The Morgan fingerprint density at radius 1 is 1.09 bits per heavy atom. The number of aryl methyl sites for hydroxylation is 1. The second-order valence-corrected chi connectivity index (χ2v) is 11.4. The number of aldehydes is 1. The molecule has 2 N–H and O–H groups in total. The highest BCUT2D eigenvalue weighted by Crippen LogP contribution is 2.39. The van der Waals surface area contributed by atoms with Crippen LogP contribution in [0.1, 0.15) is 29.5 Å². The Labute approximate surface area is 259 Å². The van der Waals surface area contributed by atoms with E-state index in [1.807, 2.05) is 4.90 Å². The number of pyridine rings is 1. The van der Waals surface area contributed by atoms with Crippen LogP contribution in [0.5, 0.6) is 5.75 Å². The Balaban J connectivity index is 1.38. The number of amides is 1. The van der Waals surface area contributed by atoms with Gasteiger partial charge in [-0.3, -0.25) is 19.0 Å². The third kappa shape index (κ3) is 5.18. The van der Waals surface area contributed by atoms with Crippen molar-refractivity contribution in [3.63, 3.8) is 0 Å². The molecule has 15 heteroatoms. The first-order valence-electron chi connectivity index (χ1n) is 14.0. The van der Waals surface area contributed by atoms with Gasteiger partial charge in [0.1, 0.15) is 39.6 Å². The molecule has 44 heavy (non-hydrogen) atoms. The van der Waals surface area contributed by atoms with Crippen molar-refractivity contribution in [3.8, 4) is 16.9 Å². The molecule has 1 aromatic carbocycles. The van der Waals surface area contributed by atoms with E-state index in [2.05, 4.69) is 27.1 Å². The first kappa shape index (κ1) is 30.0. The number of likely N-dealkylation sites (N-methyl/N-ethyl adjacent to an activating group) is 1. The monoisotopic (exact) mass is 645 g/mol. The van der Waals surface area contributed by atoms with Gasteiger partial charge in [-0.1, -0.05) is 30.1 Å². The average molecular weight is 646 g/mol. The number of benzene rings is 1. The van der Waals surface area contributed by atoms with Crippen molar-refractivity contribution in [3.05, 3.63) is 61.9 Å². The number of fused-ring (bicyclic) bond motifs is 2. The number of nitrogens with one attached hydrogen (secondary N) is 1. The van der Waals surface area contributed by atoms with Crippen LogP contribution in [0.2, 0.25) is 10.0 Å². The predicted octanol–water partition coefficient (Wildman–Crippen LogP) is 4.09. The number of piperazine rings is 1. The van der Waals surface area contributed by atoms with Crippen molar-refractivity contribution >= 4 is 57.9 Å². The number of rotatable bonds is 7. The molecule has 1 saturated heterocycles. The molecule has 0 saturated carbocycles. The van der Waals surface area contributed by atoms with E-state index in [1.165, 1.54) is 21.4 Å². The van der Waals surface area contributed by atoms with Crippen molar-refractivity contribution in [2.75, 3.05) is 42.9 Å². The first-order valence-corrected chi connectivity index (χ1v) is 14.8. The van der Waals surface area contributed by atoms with E-state index < -0.39 is 40.5 Å². The molecule has 0 radical (unpaired) electrons. The van der Waals surface area contributed by atoms with Crippen LogP contribution in [0.15, 0.2) is 23.1 Å². The summed E-state index contributed by atoms with van der Waals surface area (Å²) >= 11 is 12.2. The summed E-state index contributed by atoms with van der Waals surface area (Å²) in [6.07, 6.45) is 2.90. The zero-order valence-corrected chi connectivity index (χ0v) is 25.1. The Kier molecular flexibility index (Phi) is 8.03. The van der Waals surface area contributed by atoms with Crippen LogP contribution in [0.25, 0.3) is 22.2 Å². The van der Waals surface area contributed by atoms with Gasteiger partial charge in [0.2, 0.25) is 11.9 Å². The van der Waals surface area contributed by atoms with Gasteiger partial charge < -0.3 is 24.8 Å². The van der Waals surface area contributed by atoms with E-state index in [1.54, 1.807) is 0 Å². The third-order valence-corrected chi connectivity index (χ3v) is 8.80. The Hall–Kier alpha value is -4.07. The van der Waals surface area contributed by atoms with E-state index in [4.69, 9.17) is 23.2 Å². The molecule has 6 rings (SSSR count). The van der Waals surface area contributed by atoms with E-state index in [0.29, 0.717) is 50.4 Å². The smallest absolute Gasteiger partial charge is 0.263 e. The molecule has 5 heterocycles. The lowest BCUT2D eigenvalue weighted by molar-refractivity contribution is -0.116. The number of hydrogen-bond acceptors (Lipinski definition) is 8. The first-order chi connectivity index (χ1) is 21.1. The van der Waals surface area contributed by atoms with Gasteiger partial charge in [0, 0.05) is 62.5 Å². The van der Waals surface area contributed by atoms with Crippen LogP contribution < -0.4 is 15.8 Å². The fraction of sp³-hybridized carbons (Fsp3) is 0.345. The number of nitrogens with zero attached hydrogens (tertiary/aromatic N) is 6. The van der Waals surface area contributed by atoms with Gasteiger partial charge in [0.25, 0.3) is 5.56 Å². The minimum Gasteiger partial charge on any atom is -0.506 e. The molecule has 0 atom stereocenters. The molecule has 0 aliphatic carbocycles. The fourth-order valence-corrected chi connectivity index (χ4v) is 6.11. The number of aromatic nitrogens is 4. The molecule has 0 unspecified atom stereocenters. The molecule has 4 aromatic rings. The van der Waals surface area contributed by atoms with Crippen molar-refractivity contribution in [2.24, 2.45) is 0 Å². The van der Waals surface area contributed by atoms with Gasteiger partial charge >= 0.3 is 0 Å². The highest BCUT2D eigenvalue weighted by Gasteiger charge is 2.27. The van der Waals surface area contributed by atoms with Gasteiger partial charge in [0.15, 0.2) is 12.1 Å². The molecule has 1 fully saturated rings. The molecule has 0 spiro atoms. The van der Waals surface area contributed by atoms with Gasteiger partial charge in [-0.25, -0.2) is 14.4 Å². The zero-order valence-electron chi connectivity index (χ0n) is 23.5. The third-order valence-electron chi connectivity index (χ3n) is 8.10. The van der Waals surface area contributed by atoms with Crippen molar-refractivity contribution in [1.82, 2.24) is 24.0 Å². The van der Waals surface area contributed by atoms with Crippen molar-refractivity contribution < 1.29 is 23.5 Å². The molecular weight excluding hydrogens is 619 g/mol. The van der Waals surface area contributed by atoms with Crippen LogP contribution >= 0.6 is 23.2 Å².